The third-order valence-electron chi connectivity index (χ3n) is 5.72. The number of carbonyl (C=O) groups excluding carboxylic acids is 1. The monoisotopic (exact) mass is 392 g/mol. The summed E-state index contributed by atoms with van der Waals surface area (Å²) >= 11 is 0. The van der Waals surface area contributed by atoms with Gasteiger partial charge in [0.05, 0.1) is 0 Å². The summed E-state index contributed by atoms with van der Waals surface area (Å²) in [6, 6.07) is 1.48. The summed E-state index contributed by atoms with van der Waals surface area (Å²) in [6.45, 7) is 7.23. The molecule has 0 atom stereocenters. The van der Waals surface area contributed by atoms with Crippen LogP contribution in [0.4, 0.5) is 0 Å². The molecule has 1 saturated carbocycles. The first-order valence-electron chi connectivity index (χ1n) is 10.5. The van der Waals surface area contributed by atoms with Gasteiger partial charge in [0.2, 0.25) is 0 Å². The van der Waals surface area contributed by atoms with Crippen molar-refractivity contribution in [3.63, 3.8) is 0 Å². The molecule has 1 aliphatic carbocycles. The molecular formula is C23H36O5. The summed E-state index contributed by atoms with van der Waals surface area (Å²) in [7, 11) is 0. The lowest BCUT2D eigenvalue weighted by Crippen LogP contribution is -2.12. The molecule has 0 heterocycles. The summed E-state index contributed by atoms with van der Waals surface area (Å²) in [5.74, 6) is -0.281. The average Bonchev–Trinajstić information content (AvgIpc) is 3.37. The van der Waals surface area contributed by atoms with Gasteiger partial charge in [0.1, 0.15) is 11.4 Å². The van der Waals surface area contributed by atoms with Gasteiger partial charge in [-0.1, -0.05) is 33.6 Å². The van der Waals surface area contributed by atoms with Crippen LogP contribution in [0.3, 0.4) is 0 Å². The largest absolute Gasteiger partial charge is 0.507 e. The molecule has 0 unspecified atom stereocenters. The van der Waals surface area contributed by atoms with Crippen LogP contribution in [-0.2, 0) is 22.4 Å². The molecule has 0 amide bonds. The first-order chi connectivity index (χ1) is 13.2. The van der Waals surface area contributed by atoms with Crippen LogP contribution in [0.1, 0.15) is 89.7 Å². The summed E-state index contributed by atoms with van der Waals surface area (Å²) in [5.41, 5.74) is 1.18. The highest BCUT2D eigenvalue weighted by molar-refractivity contribution is 5.56. The van der Waals surface area contributed by atoms with Crippen molar-refractivity contribution in [3.05, 3.63) is 17.2 Å². The van der Waals surface area contributed by atoms with E-state index >= 15 is 0 Å². The van der Waals surface area contributed by atoms with Crippen LogP contribution in [0.15, 0.2) is 6.07 Å². The fraction of sp³-hybridized carbons (Fsp3) is 0.696. The van der Waals surface area contributed by atoms with E-state index in [-0.39, 0.29) is 22.8 Å². The van der Waals surface area contributed by atoms with Crippen LogP contribution >= 0.6 is 0 Å². The summed E-state index contributed by atoms with van der Waals surface area (Å²) in [5, 5.41) is 30.8. The summed E-state index contributed by atoms with van der Waals surface area (Å²) in [6.07, 6.45) is 9.71. The molecular weight excluding hydrogens is 356 g/mol. The molecule has 1 fully saturated rings. The van der Waals surface area contributed by atoms with Crippen LogP contribution < -0.4 is 0 Å². The fourth-order valence-corrected chi connectivity index (χ4v) is 3.75. The summed E-state index contributed by atoms with van der Waals surface area (Å²) in [4.78, 5) is 10.5. The Hall–Kier alpha value is -1.91. The van der Waals surface area contributed by atoms with Crippen LogP contribution in [-0.4, -0.2) is 27.4 Å². The lowest BCUT2D eigenvalue weighted by molar-refractivity contribution is -0.135. The van der Waals surface area contributed by atoms with E-state index in [1.54, 1.807) is 0 Å². The Labute approximate surface area is 168 Å². The molecule has 158 valence electrons. The number of unbranched alkanes of at least 4 members (excludes halogenated alkanes) is 3. The molecule has 0 saturated heterocycles. The molecule has 0 aliphatic heterocycles. The van der Waals surface area contributed by atoms with Crippen LogP contribution in [0.2, 0.25) is 0 Å². The van der Waals surface area contributed by atoms with Crippen LogP contribution in [0.5, 0.6) is 17.2 Å². The van der Waals surface area contributed by atoms with Crippen LogP contribution in [0.25, 0.3) is 0 Å². The van der Waals surface area contributed by atoms with Crippen LogP contribution in [0, 0.1) is 5.41 Å². The minimum Gasteiger partial charge on any atom is -0.507 e. The first-order valence-corrected chi connectivity index (χ1v) is 10.5. The molecule has 2 rings (SSSR count). The number of ether oxygens (including phenoxy) is 1. The summed E-state index contributed by atoms with van der Waals surface area (Å²) < 4.78 is 5.14. The smallest absolute Gasteiger partial charge is 0.293 e. The van der Waals surface area contributed by atoms with Gasteiger partial charge >= 0.3 is 0 Å². The number of phenols is 3. The number of carbonyl (C=O) groups is 1. The van der Waals surface area contributed by atoms with Crippen molar-refractivity contribution in [2.45, 2.75) is 97.0 Å². The number of aromatic hydroxyl groups is 3. The van der Waals surface area contributed by atoms with E-state index in [0.717, 1.165) is 51.4 Å². The molecule has 1 aromatic carbocycles. The van der Waals surface area contributed by atoms with Gasteiger partial charge in [0.25, 0.3) is 6.47 Å². The van der Waals surface area contributed by atoms with Crippen molar-refractivity contribution in [3.8, 4) is 17.2 Å². The molecule has 1 aliphatic rings. The van der Waals surface area contributed by atoms with Crippen molar-refractivity contribution in [1.29, 1.82) is 0 Å². The van der Waals surface area contributed by atoms with Crippen molar-refractivity contribution >= 4 is 6.47 Å². The predicted octanol–water partition coefficient (Wildman–Crippen LogP) is 5.37. The zero-order valence-corrected chi connectivity index (χ0v) is 17.6. The first kappa shape index (κ1) is 22.4. The van der Waals surface area contributed by atoms with Crippen molar-refractivity contribution in [1.82, 2.24) is 0 Å². The number of benzene rings is 1. The highest BCUT2D eigenvalue weighted by Crippen LogP contribution is 2.44. The molecule has 5 nitrogen and oxygen atoms in total. The molecule has 1 aromatic rings. The Bertz CT molecular complexity index is 656. The van der Waals surface area contributed by atoms with Gasteiger partial charge in [-0.05, 0) is 74.8 Å². The fourth-order valence-electron chi connectivity index (χ4n) is 3.75. The van der Waals surface area contributed by atoms with E-state index in [1.165, 1.54) is 12.5 Å². The standard InChI is InChI=1S/C23H36O5/c1-22(2,3)11-7-4-5-9-17-15-19(25)21(27)18(20(17)26)10-6-8-12-23(13-14-23)28-16-24/h15-16,25-27H,4-14H2,1-3H3. The Morgan fingerprint density at radius 3 is 2.29 bits per heavy atom. The predicted molar refractivity (Wildman–Crippen MR) is 110 cm³/mol. The van der Waals surface area contributed by atoms with Crippen molar-refractivity contribution < 1.29 is 24.9 Å². The number of hydrogen-bond donors (Lipinski definition) is 3. The molecule has 0 radical (unpaired) electrons. The van der Waals surface area contributed by atoms with Crippen molar-refractivity contribution in [2.75, 3.05) is 0 Å². The second-order valence-electron chi connectivity index (χ2n) is 9.46. The Morgan fingerprint density at radius 1 is 1.00 bits per heavy atom. The lowest BCUT2D eigenvalue weighted by atomic mass is 9.89. The third-order valence-corrected chi connectivity index (χ3v) is 5.72. The number of phenolic OH excluding ortho intramolecular Hbond substituents is 3. The molecule has 3 N–H and O–H groups in total. The second kappa shape index (κ2) is 9.53. The van der Waals surface area contributed by atoms with E-state index < -0.39 is 0 Å². The molecule has 0 bridgehead atoms. The molecule has 5 heteroatoms. The molecule has 28 heavy (non-hydrogen) atoms. The molecule has 0 aromatic heterocycles. The Kier molecular flexibility index (Phi) is 7.62. The number of hydrogen-bond acceptors (Lipinski definition) is 5. The van der Waals surface area contributed by atoms with Gasteiger partial charge in [-0.2, -0.15) is 0 Å². The zero-order valence-electron chi connectivity index (χ0n) is 17.6. The van der Waals surface area contributed by atoms with Gasteiger partial charge in [-0.15, -0.1) is 0 Å². The van der Waals surface area contributed by atoms with Gasteiger partial charge in [0.15, 0.2) is 11.5 Å². The van der Waals surface area contributed by atoms with Gasteiger partial charge in [-0.3, -0.25) is 4.79 Å². The average molecular weight is 393 g/mol. The maximum Gasteiger partial charge on any atom is 0.293 e. The van der Waals surface area contributed by atoms with Gasteiger partial charge in [-0.25, -0.2) is 0 Å². The van der Waals surface area contributed by atoms with E-state index in [9.17, 15) is 20.1 Å². The maximum atomic E-state index is 10.6. The van der Waals surface area contributed by atoms with Gasteiger partial charge in [0, 0.05) is 5.56 Å². The van der Waals surface area contributed by atoms with Crippen molar-refractivity contribution in [2.24, 2.45) is 5.41 Å². The second-order valence-corrected chi connectivity index (χ2v) is 9.46. The zero-order chi connectivity index (χ0) is 20.8. The van der Waals surface area contributed by atoms with E-state index in [1.807, 2.05) is 0 Å². The Morgan fingerprint density at radius 2 is 1.68 bits per heavy atom. The minimum absolute atomic E-state index is 0.108. The van der Waals surface area contributed by atoms with E-state index in [0.29, 0.717) is 35.9 Å². The number of aryl methyl sites for hydroxylation is 1. The highest BCUT2D eigenvalue weighted by atomic mass is 16.5. The SMILES string of the molecule is CC(C)(C)CCCCCc1cc(O)c(O)c(CCCCC2(OC=O)CC2)c1O. The Balaban J connectivity index is 1.86. The maximum absolute atomic E-state index is 10.6. The quantitative estimate of drug-likeness (QED) is 0.193. The highest BCUT2D eigenvalue weighted by Gasteiger charge is 2.44. The normalized spacial score (nSPS) is 15.4. The third kappa shape index (κ3) is 6.61. The molecule has 0 spiro atoms. The number of rotatable bonds is 12. The van der Waals surface area contributed by atoms with E-state index in [2.05, 4.69) is 20.8 Å². The lowest BCUT2D eigenvalue weighted by Gasteiger charge is -2.18. The van der Waals surface area contributed by atoms with E-state index in [4.69, 9.17) is 4.74 Å². The van der Waals surface area contributed by atoms with Gasteiger partial charge < -0.3 is 20.1 Å². The minimum atomic E-state index is -0.275. The topological polar surface area (TPSA) is 87.0 Å².